The Balaban J connectivity index is 3.43. The summed E-state index contributed by atoms with van der Waals surface area (Å²) in [4.78, 5) is 10.8. The molecular weight excluding hydrogens is 267 g/mol. The molecule has 0 amide bonds. The molecule has 2 nitrogen and oxygen atoms in total. The summed E-state index contributed by atoms with van der Waals surface area (Å²) in [6.45, 7) is 3.72. The first-order valence-electron chi connectivity index (χ1n) is 3.53. The minimum Gasteiger partial charge on any atom is -0.478 e. The third-order valence-electron chi connectivity index (χ3n) is 1.76. The third-order valence-corrected chi connectivity index (χ3v) is 3.15. The van der Waals surface area contributed by atoms with Gasteiger partial charge in [0.25, 0.3) is 0 Å². The van der Waals surface area contributed by atoms with Crippen molar-refractivity contribution in [3.63, 3.8) is 0 Å². The van der Waals surface area contributed by atoms with Crippen LogP contribution in [0.5, 0.6) is 0 Å². The average Bonchev–Trinajstić information content (AvgIpc) is 1.97. The van der Waals surface area contributed by atoms with E-state index >= 15 is 0 Å². The Morgan fingerprint density at radius 1 is 1.33 bits per heavy atom. The van der Waals surface area contributed by atoms with Gasteiger partial charge in [-0.2, -0.15) is 0 Å². The van der Waals surface area contributed by atoms with Crippen LogP contribution in [0.3, 0.4) is 0 Å². The molecule has 1 aromatic carbocycles. The van der Waals surface area contributed by atoms with E-state index in [1.54, 1.807) is 0 Å². The van der Waals surface area contributed by atoms with Crippen LogP contribution in [0.1, 0.15) is 21.5 Å². The standard InChI is InChI=1S/C9H9IO2/c1-5-3-4-6(2)8(10)7(5)9(11)12/h3-4H,1-2H3,(H,11,12). The fraction of sp³-hybridized carbons (Fsp3) is 0.222. The van der Waals surface area contributed by atoms with Crippen molar-refractivity contribution in [3.05, 3.63) is 32.4 Å². The molecule has 0 fully saturated rings. The minimum atomic E-state index is -0.847. The molecule has 0 atom stereocenters. The summed E-state index contributed by atoms with van der Waals surface area (Å²) in [6, 6.07) is 3.77. The number of carbonyl (C=O) groups is 1. The molecule has 0 unspecified atom stereocenters. The first kappa shape index (κ1) is 9.51. The maximum absolute atomic E-state index is 10.8. The highest BCUT2D eigenvalue weighted by molar-refractivity contribution is 14.1. The van der Waals surface area contributed by atoms with Crippen molar-refractivity contribution in [1.82, 2.24) is 0 Å². The topological polar surface area (TPSA) is 37.3 Å². The fourth-order valence-corrected chi connectivity index (χ4v) is 1.88. The lowest BCUT2D eigenvalue weighted by Gasteiger charge is -2.05. The van der Waals surface area contributed by atoms with Crippen LogP contribution in [0.25, 0.3) is 0 Å². The van der Waals surface area contributed by atoms with Gasteiger partial charge in [0.1, 0.15) is 0 Å². The van der Waals surface area contributed by atoms with Crippen LogP contribution in [-0.2, 0) is 0 Å². The van der Waals surface area contributed by atoms with Crippen molar-refractivity contribution in [3.8, 4) is 0 Å². The number of carboxylic acid groups (broad SMARTS) is 1. The van der Waals surface area contributed by atoms with Crippen LogP contribution in [0.2, 0.25) is 0 Å². The van der Waals surface area contributed by atoms with E-state index in [-0.39, 0.29) is 0 Å². The maximum atomic E-state index is 10.8. The molecule has 3 heteroatoms. The molecule has 0 aliphatic carbocycles. The Kier molecular flexibility index (Phi) is 2.72. The minimum absolute atomic E-state index is 0.426. The SMILES string of the molecule is Cc1ccc(C)c(C(=O)O)c1I. The summed E-state index contributed by atoms with van der Waals surface area (Å²) in [5, 5.41) is 8.87. The van der Waals surface area contributed by atoms with E-state index in [1.807, 2.05) is 26.0 Å². The van der Waals surface area contributed by atoms with E-state index in [2.05, 4.69) is 22.6 Å². The average molecular weight is 276 g/mol. The molecule has 64 valence electrons. The van der Waals surface area contributed by atoms with Gasteiger partial charge in [-0.15, -0.1) is 0 Å². The zero-order valence-electron chi connectivity index (χ0n) is 6.89. The van der Waals surface area contributed by atoms with E-state index in [0.717, 1.165) is 14.7 Å². The Bertz CT molecular complexity index is 332. The van der Waals surface area contributed by atoms with Gasteiger partial charge >= 0.3 is 5.97 Å². The number of rotatable bonds is 1. The van der Waals surface area contributed by atoms with E-state index in [1.165, 1.54) is 0 Å². The molecule has 0 spiro atoms. The lowest BCUT2D eigenvalue weighted by molar-refractivity contribution is 0.0695. The maximum Gasteiger partial charge on any atom is 0.337 e. The number of aryl methyl sites for hydroxylation is 2. The predicted octanol–water partition coefficient (Wildman–Crippen LogP) is 2.61. The molecule has 1 N–H and O–H groups in total. The van der Waals surface area contributed by atoms with Gasteiger partial charge in [-0.25, -0.2) is 4.79 Å². The highest BCUT2D eigenvalue weighted by Crippen LogP contribution is 2.20. The number of hydrogen-bond acceptors (Lipinski definition) is 1. The second kappa shape index (κ2) is 3.43. The van der Waals surface area contributed by atoms with Gasteiger partial charge in [0.2, 0.25) is 0 Å². The predicted molar refractivity (Wildman–Crippen MR) is 55.6 cm³/mol. The molecule has 0 heterocycles. The summed E-state index contributed by atoms with van der Waals surface area (Å²) >= 11 is 2.06. The van der Waals surface area contributed by atoms with E-state index < -0.39 is 5.97 Å². The van der Waals surface area contributed by atoms with Gasteiger partial charge < -0.3 is 5.11 Å². The summed E-state index contributed by atoms with van der Waals surface area (Å²) in [5.41, 5.74) is 2.26. The molecule has 0 saturated heterocycles. The van der Waals surface area contributed by atoms with Crippen molar-refractivity contribution in [2.45, 2.75) is 13.8 Å². The van der Waals surface area contributed by atoms with Gasteiger partial charge in [0.15, 0.2) is 0 Å². The largest absolute Gasteiger partial charge is 0.478 e. The number of aromatic carboxylic acids is 1. The van der Waals surface area contributed by atoms with E-state index in [9.17, 15) is 4.79 Å². The lowest BCUT2D eigenvalue weighted by Crippen LogP contribution is -2.04. The van der Waals surface area contributed by atoms with Crippen molar-refractivity contribution < 1.29 is 9.90 Å². The molecule has 1 rings (SSSR count). The summed E-state index contributed by atoms with van der Waals surface area (Å²) in [6.07, 6.45) is 0. The van der Waals surface area contributed by atoms with Crippen LogP contribution in [-0.4, -0.2) is 11.1 Å². The Morgan fingerprint density at radius 2 is 1.83 bits per heavy atom. The first-order chi connectivity index (χ1) is 5.54. The second-order valence-corrected chi connectivity index (χ2v) is 3.77. The number of hydrogen-bond donors (Lipinski definition) is 1. The fourth-order valence-electron chi connectivity index (χ4n) is 1.04. The van der Waals surface area contributed by atoms with Crippen molar-refractivity contribution in [1.29, 1.82) is 0 Å². The first-order valence-corrected chi connectivity index (χ1v) is 4.61. The van der Waals surface area contributed by atoms with Gasteiger partial charge in [-0.05, 0) is 47.6 Å². The van der Waals surface area contributed by atoms with Crippen LogP contribution in [0, 0.1) is 17.4 Å². The Labute approximate surface area is 84.7 Å². The Morgan fingerprint density at radius 3 is 2.25 bits per heavy atom. The molecule has 12 heavy (non-hydrogen) atoms. The van der Waals surface area contributed by atoms with Crippen LogP contribution < -0.4 is 0 Å². The summed E-state index contributed by atoms with van der Waals surface area (Å²) in [7, 11) is 0. The quantitative estimate of drug-likeness (QED) is 0.800. The highest BCUT2D eigenvalue weighted by Gasteiger charge is 2.12. The van der Waals surface area contributed by atoms with E-state index in [0.29, 0.717) is 5.56 Å². The summed E-state index contributed by atoms with van der Waals surface area (Å²) in [5.74, 6) is -0.847. The zero-order valence-corrected chi connectivity index (χ0v) is 9.05. The molecule has 0 bridgehead atoms. The molecule has 0 aliphatic heterocycles. The monoisotopic (exact) mass is 276 g/mol. The number of halogens is 1. The second-order valence-electron chi connectivity index (χ2n) is 2.69. The zero-order chi connectivity index (χ0) is 9.30. The van der Waals surface area contributed by atoms with Crippen molar-refractivity contribution in [2.75, 3.05) is 0 Å². The number of benzene rings is 1. The molecule has 1 aromatic rings. The highest BCUT2D eigenvalue weighted by atomic mass is 127. The Hall–Kier alpha value is -0.580. The molecule has 0 aliphatic rings. The molecule has 0 saturated carbocycles. The smallest absolute Gasteiger partial charge is 0.337 e. The molecule has 0 radical (unpaired) electrons. The molecular formula is C9H9IO2. The van der Waals surface area contributed by atoms with Crippen LogP contribution >= 0.6 is 22.6 Å². The summed E-state index contributed by atoms with van der Waals surface area (Å²) < 4.78 is 0.833. The van der Waals surface area contributed by atoms with Crippen LogP contribution in [0.15, 0.2) is 12.1 Å². The van der Waals surface area contributed by atoms with E-state index in [4.69, 9.17) is 5.11 Å². The normalized spacial score (nSPS) is 9.92. The molecule has 0 aromatic heterocycles. The van der Waals surface area contributed by atoms with Gasteiger partial charge in [-0.3, -0.25) is 0 Å². The van der Waals surface area contributed by atoms with Gasteiger partial charge in [0, 0.05) is 3.57 Å². The third kappa shape index (κ3) is 1.60. The number of carboxylic acids is 1. The van der Waals surface area contributed by atoms with Crippen molar-refractivity contribution >= 4 is 28.6 Å². The van der Waals surface area contributed by atoms with Gasteiger partial charge in [0.05, 0.1) is 5.56 Å². The van der Waals surface area contributed by atoms with Crippen molar-refractivity contribution in [2.24, 2.45) is 0 Å². The van der Waals surface area contributed by atoms with Gasteiger partial charge in [-0.1, -0.05) is 12.1 Å². The van der Waals surface area contributed by atoms with Crippen LogP contribution in [0.4, 0.5) is 0 Å². The lowest BCUT2D eigenvalue weighted by atomic mass is 10.1.